The zero-order chi connectivity index (χ0) is 12.9. The van der Waals surface area contributed by atoms with Crippen molar-refractivity contribution in [1.29, 1.82) is 0 Å². The molecule has 1 heterocycles. The Morgan fingerprint density at radius 3 is 2.41 bits per heavy atom. The molecule has 96 valence electrons. The first-order chi connectivity index (χ1) is 7.99. The maximum absolute atomic E-state index is 5.02. The van der Waals surface area contributed by atoms with E-state index in [2.05, 4.69) is 43.2 Å². The van der Waals surface area contributed by atoms with Gasteiger partial charge in [-0.05, 0) is 24.4 Å². The molecule has 1 aromatic rings. The lowest BCUT2D eigenvalue weighted by Crippen LogP contribution is -2.33. The van der Waals surface area contributed by atoms with Crippen molar-refractivity contribution in [2.75, 3.05) is 13.7 Å². The molecule has 0 aromatic carbocycles. The summed E-state index contributed by atoms with van der Waals surface area (Å²) in [5.74, 6) is 0.553. The van der Waals surface area contributed by atoms with Crippen molar-refractivity contribution in [2.45, 2.75) is 40.2 Å². The quantitative estimate of drug-likeness (QED) is 0.855. The third kappa shape index (κ3) is 3.97. The van der Waals surface area contributed by atoms with Crippen LogP contribution in [-0.2, 0) is 0 Å². The smallest absolute Gasteiger partial charge is 0.233 e. The van der Waals surface area contributed by atoms with Gasteiger partial charge in [-0.15, -0.1) is 5.10 Å². The first-order valence-electron chi connectivity index (χ1n) is 6.10. The van der Waals surface area contributed by atoms with E-state index in [0.717, 1.165) is 18.7 Å². The van der Waals surface area contributed by atoms with Crippen LogP contribution >= 0.6 is 0 Å². The molecule has 1 rings (SSSR count). The molecular weight excluding hydrogens is 214 g/mol. The van der Waals surface area contributed by atoms with E-state index in [1.165, 1.54) is 0 Å². The molecule has 0 aliphatic heterocycles. The van der Waals surface area contributed by atoms with Crippen molar-refractivity contribution < 1.29 is 4.74 Å². The van der Waals surface area contributed by atoms with E-state index in [1.807, 2.05) is 12.1 Å². The monoisotopic (exact) mass is 237 g/mol. The zero-order valence-corrected chi connectivity index (χ0v) is 11.4. The zero-order valence-electron chi connectivity index (χ0n) is 11.4. The molecule has 0 fully saturated rings. The summed E-state index contributed by atoms with van der Waals surface area (Å²) in [5, 5.41) is 11.8. The number of ether oxygens (including phenoxy) is 1. The molecule has 0 aliphatic rings. The van der Waals surface area contributed by atoms with E-state index in [4.69, 9.17) is 4.74 Å². The molecule has 0 saturated heterocycles. The standard InChI is InChI=1S/C13H23N3O/c1-6-9-14-12(13(2,3)4)10-7-8-11(17-5)16-15-10/h7-8,12,14H,6,9H2,1-5H3. The molecule has 0 radical (unpaired) electrons. The molecule has 4 nitrogen and oxygen atoms in total. The van der Waals surface area contributed by atoms with Crippen LogP contribution in [0.2, 0.25) is 0 Å². The Labute approximate surface area is 104 Å². The van der Waals surface area contributed by atoms with E-state index >= 15 is 0 Å². The van der Waals surface area contributed by atoms with E-state index in [1.54, 1.807) is 7.11 Å². The molecule has 1 unspecified atom stereocenters. The molecule has 0 bridgehead atoms. The van der Waals surface area contributed by atoms with Gasteiger partial charge < -0.3 is 10.1 Å². The predicted molar refractivity (Wildman–Crippen MR) is 69.1 cm³/mol. The number of hydrogen-bond donors (Lipinski definition) is 1. The molecule has 0 spiro atoms. The predicted octanol–water partition coefficient (Wildman–Crippen LogP) is 2.57. The summed E-state index contributed by atoms with van der Waals surface area (Å²) in [6.07, 6.45) is 1.11. The molecule has 0 saturated carbocycles. The van der Waals surface area contributed by atoms with Crippen molar-refractivity contribution in [3.8, 4) is 5.88 Å². The third-order valence-corrected chi connectivity index (χ3v) is 2.63. The minimum Gasteiger partial charge on any atom is -0.480 e. The van der Waals surface area contributed by atoms with E-state index < -0.39 is 0 Å². The number of nitrogens with zero attached hydrogens (tertiary/aromatic N) is 2. The van der Waals surface area contributed by atoms with Crippen LogP contribution in [0.15, 0.2) is 12.1 Å². The minimum absolute atomic E-state index is 0.110. The van der Waals surface area contributed by atoms with Crippen LogP contribution in [0.4, 0.5) is 0 Å². The fraction of sp³-hybridized carbons (Fsp3) is 0.692. The Morgan fingerprint density at radius 1 is 1.29 bits per heavy atom. The van der Waals surface area contributed by atoms with Crippen LogP contribution in [-0.4, -0.2) is 23.9 Å². The average molecular weight is 237 g/mol. The lowest BCUT2D eigenvalue weighted by molar-refractivity contribution is 0.265. The van der Waals surface area contributed by atoms with Crippen LogP contribution < -0.4 is 10.1 Å². The van der Waals surface area contributed by atoms with Crippen molar-refractivity contribution in [3.05, 3.63) is 17.8 Å². The SMILES string of the molecule is CCCNC(c1ccc(OC)nn1)C(C)(C)C. The highest BCUT2D eigenvalue weighted by Gasteiger charge is 2.27. The van der Waals surface area contributed by atoms with Crippen LogP contribution in [0.1, 0.15) is 45.9 Å². The molecule has 1 aromatic heterocycles. The molecular formula is C13H23N3O. The fourth-order valence-corrected chi connectivity index (χ4v) is 1.74. The van der Waals surface area contributed by atoms with Crippen molar-refractivity contribution in [3.63, 3.8) is 0 Å². The molecule has 0 amide bonds. The number of rotatable bonds is 5. The van der Waals surface area contributed by atoms with Gasteiger partial charge in [0.2, 0.25) is 5.88 Å². The maximum Gasteiger partial charge on any atom is 0.233 e. The second-order valence-corrected chi connectivity index (χ2v) is 5.25. The van der Waals surface area contributed by atoms with Gasteiger partial charge in [0.25, 0.3) is 0 Å². The van der Waals surface area contributed by atoms with Crippen LogP contribution in [0.5, 0.6) is 5.88 Å². The summed E-state index contributed by atoms with van der Waals surface area (Å²) < 4.78 is 5.02. The topological polar surface area (TPSA) is 47.0 Å². The molecule has 1 atom stereocenters. The Kier molecular flexibility index (Phi) is 4.87. The largest absolute Gasteiger partial charge is 0.480 e. The molecule has 1 N–H and O–H groups in total. The van der Waals surface area contributed by atoms with Gasteiger partial charge >= 0.3 is 0 Å². The van der Waals surface area contributed by atoms with E-state index in [9.17, 15) is 0 Å². The van der Waals surface area contributed by atoms with Crippen LogP contribution in [0.25, 0.3) is 0 Å². The van der Waals surface area contributed by atoms with Gasteiger partial charge in [0, 0.05) is 6.07 Å². The van der Waals surface area contributed by atoms with E-state index in [0.29, 0.717) is 5.88 Å². The number of hydrogen-bond acceptors (Lipinski definition) is 4. The Hall–Kier alpha value is -1.16. The van der Waals surface area contributed by atoms with Crippen molar-refractivity contribution in [1.82, 2.24) is 15.5 Å². The first-order valence-corrected chi connectivity index (χ1v) is 6.10. The maximum atomic E-state index is 5.02. The molecule has 17 heavy (non-hydrogen) atoms. The Balaban J connectivity index is 2.88. The summed E-state index contributed by atoms with van der Waals surface area (Å²) in [4.78, 5) is 0. The lowest BCUT2D eigenvalue weighted by atomic mass is 9.84. The third-order valence-electron chi connectivity index (χ3n) is 2.63. The van der Waals surface area contributed by atoms with Gasteiger partial charge in [-0.3, -0.25) is 0 Å². The first kappa shape index (κ1) is 13.9. The van der Waals surface area contributed by atoms with Crippen molar-refractivity contribution >= 4 is 0 Å². The van der Waals surface area contributed by atoms with Gasteiger partial charge in [-0.1, -0.05) is 27.7 Å². The van der Waals surface area contributed by atoms with Gasteiger partial charge in [0.15, 0.2) is 0 Å². The van der Waals surface area contributed by atoms with Crippen LogP contribution in [0.3, 0.4) is 0 Å². The minimum atomic E-state index is 0.110. The number of nitrogens with one attached hydrogen (secondary N) is 1. The van der Waals surface area contributed by atoms with Gasteiger partial charge in [-0.2, -0.15) is 5.10 Å². The van der Waals surface area contributed by atoms with Gasteiger partial charge in [0.1, 0.15) is 0 Å². The molecule has 4 heteroatoms. The fourth-order valence-electron chi connectivity index (χ4n) is 1.74. The summed E-state index contributed by atoms with van der Waals surface area (Å²) >= 11 is 0. The van der Waals surface area contributed by atoms with Gasteiger partial charge in [-0.25, -0.2) is 0 Å². The normalized spacial score (nSPS) is 13.5. The Bertz CT molecular complexity index is 330. The molecule has 0 aliphatic carbocycles. The highest BCUT2D eigenvalue weighted by molar-refractivity contribution is 5.15. The Morgan fingerprint density at radius 2 is 2.00 bits per heavy atom. The highest BCUT2D eigenvalue weighted by Crippen LogP contribution is 2.31. The lowest BCUT2D eigenvalue weighted by Gasteiger charge is -2.30. The van der Waals surface area contributed by atoms with Crippen molar-refractivity contribution in [2.24, 2.45) is 5.41 Å². The van der Waals surface area contributed by atoms with E-state index in [-0.39, 0.29) is 11.5 Å². The summed E-state index contributed by atoms with van der Waals surface area (Å²) in [5.41, 5.74) is 1.07. The summed E-state index contributed by atoms with van der Waals surface area (Å²) in [6.45, 7) is 9.74. The second kappa shape index (κ2) is 5.96. The van der Waals surface area contributed by atoms with Gasteiger partial charge in [0.05, 0.1) is 18.8 Å². The highest BCUT2D eigenvalue weighted by atomic mass is 16.5. The average Bonchev–Trinajstić information content (AvgIpc) is 2.29. The van der Waals surface area contributed by atoms with Crippen LogP contribution in [0, 0.1) is 5.41 Å². The summed E-state index contributed by atoms with van der Waals surface area (Å²) in [6, 6.07) is 4.04. The number of methoxy groups -OCH3 is 1. The number of aromatic nitrogens is 2. The second-order valence-electron chi connectivity index (χ2n) is 5.25. The summed E-state index contributed by atoms with van der Waals surface area (Å²) in [7, 11) is 1.60.